The standard InChI is InChI=1S/C27H23FN4O4S/c1-15-18(9-10-20(22(15)28)36-17-7-3-2-4-8-17)32-19-11-12-29-26-21(19)23(31-27(32)34)24(37-26)25(33)30-16-6-5-13-35-14-16/h2-4,7-12,16H,5-6,13-14H2,1H3,(H,30,33)(H,31,34)/t16-/m1/s1. The molecule has 8 nitrogen and oxygen atoms in total. The minimum atomic E-state index is -0.565. The topological polar surface area (TPSA) is 92.8 Å². The fraction of sp³-hybridized carbons (Fsp3) is 0.222. The highest BCUT2D eigenvalue weighted by atomic mass is 32.1. The summed E-state index contributed by atoms with van der Waals surface area (Å²) in [5.41, 5.74) is 1.56. The minimum Gasteiger partial charge on any atom is -0.454 e. The fourth-order valence-electron chi connectivity index (χ4n) is 4.68. The zero-order valence-corrected chi connectivity index (χ0v) is 20.7. The van der Waals surface area contributed by atoms with Crippen molar-refractivity contribution < 1.29 is 23.5 Å². The van der Waals surface area contributed by atoms with E-state index >= 15 is 4.39 Å². The van der Waals surface area contributed by atoms with Gasteiger partial charge in [-0.1, -0.05) is 18.2 Å². The largest absolute Gasteiger partial charge is 0.454 e. The van der Waals surface area contributed by atoms with E-state index in [-0.39, 0.29) is 23.3 Å². The Labute approximate surface area is 216 Å². The summed E-state index contributed by atoms with van der Waals surface area (Å²) in [4.78, 5) is 33.3. The van der Waals surface area contributed by atoms with Crippen molar-refractivity contribution in [1.82, 2.24) is 10.3 Å². The number of aromatic nitrogens is 1. The highest BCUT2D eigenvalue weighted by Crippen LogP contribution is 2.47. The number of anilines is 3. The summed E-state index contributed by atoms with van der Waals surface area (Å²) in [7, 11) is 0. The van der Waals surface area contributed by atoms with Gasteiger partial charge in [0.25, 0.3) is 5.91 Å². The first-order valence-corrected chi connectivity index (χ1v) is 12.8. The third-order valence-electron chi connectivity index (χ3n) is 6.48. The average Bonchev–Trinajstić information content (AvgIpc) is 3.28. The van der Waals surface area contributed by atoms with Crippen molar-refractivity contribution in [3.8, 4) is 11.5 Å². The van der Waals surface area contributed by atoms with Gasteiger partial charge in [0.15, 0.2) is 11.6 Å². The summed E-state index contributed by atoms with van der Waals surface area (Å²) in [5.74, 6) is -0.275. The van der Waals surface area contributed by atoms with E-state index in [0.29, 0.717) is 51.1 Å². The van der Waals surface area contributed by atoms with Crippen LogP contribution in [-0.4, -0.2) is 36.2 Å². The molecule has 0 bridgehead atoms. The number of para-hydroxylation sites is 1. The lowest BCUT2D eigenvalue weighted by atomic mass is 10.1. The Balaban J connectivity index is 1.37. The molecule has 188 valence electrons. The molecule has 2 N–H and O–H groups in total. The van der Waals surface area contributed by atoms with Gasteiger partial charge in [-0.2, -0.15) is 0 Å². The molecule has 1 atom stereocenters. The van der Waals surface area contributed by atoms with Crippen molar-refractivity contribution in [2.24, 2.45) is 0 Å². The first kappa shape index (κ1) is 23.4. The Kier molecular flexibility index (Phi) is 5.97. The van der Waals surface area contributed by atoms with E-state index in [9.17, 15) is 9.59 Å². The molecule has 1 saturated heterocycles. The Hall–Kier alpha value is -4.02. The van der Waals surface area contributed by atoms with Crippen LogP contribution in [0.15, 0.2) is 54.7 Å². The molecule has 0 spiro atoms. The van der Waals surface area contributed by atoms with Crippen LogP contribution in [0.4, 0.5) is 26.2 Å². The highest BCUT2D eigenvalue weighted by Gasteiger charge is 2.34. The second kappa shape index (κ2) is 9.45. The van der Waals surface area contributed by atoms with E-state index in [1.54, 1.807) is 49.5 Å². The summed E-state index contributed by atoms with van der Waals surface area (Å²) in [5, 5.41) is 6.50. The molecule has 37 heavy (non-hydrogen) atoms. The number of halogens is 1. The van der Waals surface area contributed by atoms with Crippen LogP contribution in [0.25, 0.3) is 10.2 Å². The predicted molar refractivity (Wildman–Crippen MR) is 140 cm³/mol. The second-order valence-corrected chi connectivity index (χ2v) is 9.91. The molecule has 2 aromatic carbocycles. The van der Waals surface area contributed by atoms with Gasteiger partial charge < -0.3 is 20.1 Å². The Morgan fingerprint density at radius 1 is 1.22 bits per heavy atom. The molecule has 6 rings (SSSR count). The van der Waals surface area contributed by atoms with E-state index in [2.05, 4.69) is 15.6 Å². The molecule has 0 radical (unpaired) electrons. The van der Waals surface area contributed by atoms with E-state index in [1.807, 2.05) is 6.07 Å². The van der Waals surface area contributed by atoms with Crippen molar-refractivity contribution in [2.45, 2.75) is 25.8 Å². The highest BCUT2D eigenvalue weighted by molar-refractivity contribution is 7.21. The third kappa shape index (κ3) is 4.17. The SMILES string of the molecule is Cc1c(N2C(=O)Nc3c(C(=O)N[C@@H]4CCCOC4)sc4nccc2c34)ccc(Oc2ccccc2)c1F. The van der Waals surface area contributed by atoms with Gasteiger partial charge >= 0.3 is 6.03 Å². The van der Waals surface area contributed by atoms with Crippen LogP contribution < -0.4 is 20.3 Å². The number of ether oxygens (including phenoxy) is 2. The number of rotatable bonds is 5. The van der Waals surface area contributed by atoms with Gasteiger partial charge in [-0.3, -0.25) is 9.69 Å². The number of carbonyl (C=O) groups is 2. The zero-order chi connectivity index (χ0) is 25.5. The summed E-state index contributed by atoms with van der Waals surface area (Å²) < 4.78 is 26.6. The smallest absolute Gasteiger partial charge is 0.331 e. The first-order chi connectivity index (χ1) is 18.0. The summed E-state index contributed by atoms with van der Waals surface area (Å²) in [6, 6.07) is 13.2. The molecule has 4 heterocycles. The normalized spacial score (nSPS) is 17.0. The molecule has 2 aliphatic heterocycles. The van der Waals surface area contributed by atoms with Gasteiger partial charge in [-0.05, 0) is 50.1 Å². The minimum absolute atomic E-state index is 0.0617. The van der Waals surface area contributed by atoms with Crippen LogP contribution in [0.5, 0.6) is 11.5 Å². The van der Waals surface area contributed by atoms with E-state index < -0.39 is 11.8 Å². The molecule has 0 aliphatic carbocycles. The number of benzene rings is 2. The van der Waals surface area contributed by atoms with Crippen molar-refractivity contribution in [3.63, 3.8) is 0 Å². The lowest BCUT2D eigenvalue weighted by Gasteiger charge is -2.30. The Morgan fingerprint density at radius 2 is 2.05 bits per heavy atom. The van der Waals surface area contributed by atoms with E-state index in [4.69, 9.17) is 9.47 Å². The van der Waals surface area contributed by atoms with E-state index in [1.165, 1.54) is 22.3 Å². The molecule has 10 heteroatoms. The Morgan fingerprint density at radius 3 is 2.84 bits per heavy atom. The first-order valence-electron chi connectivity index (χ1n) is 11.9. The number of pyridine rings is 1. The lowest BCUT2D eigenvalue weighted by molar-refractivity contribution is 0.0626. The number of carbonyl (C=O) groups excluding carboxylic acids is 2. The Bertz CT molecular complexity index is 1520. The van der Waals surface area contributed by atoms with Crippen molar-refractivity contribution in [3.05, 3.63) is 71.0 Å². The number of hydrogen-bond donors (Lipinski definition) is 2. The van der Waals surface area contributed by atoms with Crippen molar-refractivity contribution in [1.29, 1.82) is 0 Å². The van der Waals surface area contributed by atoms with Crippen LogP contribution in [0, 0.1) is 12.7 Å². The number of nitrogens with one attached hydrogen (secondary N) is 2. The van der Waals surface area contributed by atoms with Crippen LogP contribution >= 0.6 is 11.3 Å². The number of amides is 3. The molecule has 2 aliphatic rings. The maximum Gasteiger partial charge on any atom is 0.331 e. The maximum absolute atomic E-state index is 15.4. The molecule has 0 unspecified atom stereocenters. The van der Waals surface area contributed by atoms with Gasteiger partial charge in [0.2, 0.25) is 0 Å². The van der Waals surface area contributed by atoms with Crippen molar-refractivity contribution in [2.75, 3.05) is 23.4 Å². The monoisotopic (exact) mass is 518 g/mol. The van der Waals surface area contributed by atoms with Gasteiger partial charge in [0.05, 0.1) is 35.1 Å². The summed E-state index contributed by atoms with van der Waals surface area (Å²) in [6.45, 7) is 2.76. The van der Waals surface area contributed by atoms with Crippen molar-refractivity contribution >= 4 is 50.6 Å². The fourth-order valence-corrected chi connectivity index (χ4v) is 5.70. The number of hydrogen-bond acceptors (Lipinski definition) is 6. The molecular weight excluding hydrogens is 495 g/mol. The van der Waals surface area contributed by atoms with Crippen LogP contribution in [-0.2, 0) is 4.74 Å². The van der Waals surface area contributed by atoms with Crippen LogP contribution in [0.3, 0.4) is 0 Å². The molecule has 4 aromatic rings. The van der Waals surface area contributed by atoms with Crippen LogP contribution in [0.1, 0.15) is 28.1 Å². The van der Waals surface area contributed by atoms with Gasteiger partial charge in [-0.25, -0.2) is 14.2 Å². The van der Waals surface area contributed by atoms with Crippen LogP contribution in [0.2, 0.25) is 0 Å². The maximum atomic E-state index is 15.4. The number of thiophene rings is 1. The number of urea groups is 1. The average molecular weight is 519 g/mol. The lowest BCUT2D eigenvalue weighted by Crippen LogP contribution is -2.41. The molecule has 2 aromatic heterocycles. The van der Waals surface area contributed by atoms with Gasteiger partial charge in [-0.15, -0.1) is 11.3 Å². The quantitative estimate of drug-likeness (QED) is 0.332. The molecule has 0 saturated carbocycles. The molecule has 1 fully saturated rings. The zero-order valence-electron chi connectivity index (χ0n) is 19.9. The summed E-state index contributed by atoms with van der Waals surface area (Å²) >= 11 is 1.21. The number of nitrogens with zero attached hydrogens (tertiary/aromatic N) is 2. The molecular formula is C27H23FN4O4S. The molecule has 3 amide bonds. The predicted octanol–water partition coefficient (Wildman–Crippen LogP) is 6.13. The summed E-state index contributed by atoms with van der Waals surface area (Å²) in [6.07, 6.45) is 3.30. The van der Waals surface area contributed by atoms with Gasteiger partial charge in [0, 0.05) is 18.4 Å². The van der Waals surface area contributed by atoms with E-state index in [0.717, 1.165) is 12.8 Å². The second-order valence-electron chi connectivity index (χ2n) is 8.91. The third-order valence-corrected chi connectivity index (χ3v) is 7.58. The van der Waals surface area contributed by atoms with Gasteiger partial charge in [0.1, 0.15) is 15.5 Å².